The highest BCUT2D eigenvalue weighted by Crippen LogP contribution is 2.21. The molecular formula is C20H26N4O2. The number of carbonyl (C=O) groups is 1. The summed E-state index contributed by atoms with van der Waals surface area (Å²) < 4.78 is 5.90. The average Bonchev–Trinajstić information content (AvgIpc) is 3.18. The van der Waals surface area contributed by atoms with Gasteiger partial charge in [-0.15, -0.1) is 0 Å². The van der Waals surface area contributed by atoms with E-state index in [1.807, 2.05) is 35.2 Å². The third-order valence-electron chi connectivity index (χ3n) is 5.34. The molecular weight excluding hydrogens is 328 g/mol. The second kappa shape index (κ2) is 8.01. The van der Waals surface area contributed by atoms with Gasteiger partial charge < -0.3 is 14.6 Å². The number of nitrogens with zero attached hydrogens (tertiary/aromatic N) is 3. The van der Waals surface area contributed by atoms with Crippen LogP contribution in [0.2, 0.25) is 0 Å². The lowest BCUT2D eigenvalue weighted by molar-refractivity contribution is -0.138. The number of nitrogens with one attached hydrogen (secondary N) is 1. The van der Waals surface area contributed by atoms with Gasteiger partial charge in [-0.3, -0.25) is 9.69 Å². The van der Waals surface area contributed by atoms with Crippen LogP contribution < -0.4 is 5.32 Å². The van der Waals surface area contributed by atoms with Crippen LogP contribution in [0.1, 0.15) is 18.7 Å². The van der Waals surface area contributed by atoms with Gasteiger partial charge in [0, 0.05) is 37.7 Å². The Morgan fingerprint density at radius 2 is 1.85 bits per heavy atom. The molecule has 0 bridgehead atoms. The smallest absolute Gasteiger partial charge is 0.225 e. The minimum absolute atomic E-state index is 0.211. The summed E-state index contributed by atoms with van der Waals surface area (Å²) in [5, 5.41) is 3.32. The Kier molecular flexibility index (Phi) is 5.32. The lowest BCUT2D eigenvalue weighted by atomic mass is 9.96. The maximum atomic E-state index is 12.6. The fourth-order valence-electron chi connectivity index (χ4n) is 3.76. The number of oxazole rings is 1. The molecule has 2 aromatic rings. The van der Waals surface area contributed by atoms with Crippen molar-refractivity contribution >= 4 is 5.91 Å². The van der Waals surface area contributed by atoms with Crippen molar-refractivity contribution in [2.45, 2.75) is 19.4 Å². The van der Waals surface area contributed by atoms with Crippen LogP contribution in [-0.4, -0.2) is 60.0 Å². The Morgan fingerprint density at radius 3 is 2.58 bits per heavy atom. The third kappa shape index (κ3) is 3.97. The van der Waals surface area contributed by atoms with Crippen LogP contribution in [0.4, 0.5) is 0 Å². The van der Waals surface area contributed by atoms with Crippen LogP contribution in [0.15, 0.2) is 40.9 Å². The van der Waals surface area contributed by atoms with Crippen LogP contribution >= 0.6 is 0 Å². The lowest BCUT2D eigenvalue weighted by Crippen LogP contribution is -2.51. The fraction of sp³-hybridized carbons (Fsp3) is 0.500. The molecule has 0 aliphatic carbocycles. The minimum Gasteiger partial charge on any atom is -0.439 e. The van der Waals surface area contributed by atoms with Gasteiger partial charge >= 0.3 is 0 Å². The summed E-state index contributed by atoms with van der Waals surface area (Å²) in [6, 6.07) is 10.0. The van der Waals surface area contributed by atoms with Crippen molar-refractivity contribution in [3.63, 3.8) is 0 Å². The van der Waals surface area contributed by atoms with Gasteiger partial charge in [-0.25, -0.2) is 4.98 Å². The third-order valence-corrected chi connectivity index (χ3v) is 5.34. The second-order valence-electron chi connectivity index (χ2n) is 7.11. The number of aromatic nitrogens is 1. The number of benzene rings is 1. The van der Waals surface area contributed by atoms with Crippen LogP contribution in [-0.2, 0) is 11.3 Å². The van der Waals surface area contributed by atoms with Crippen LogP contribution in [0.5, 0.6) is 0 Å². The van der Waals surface area contributed by atoms with Crippen LogP contribution in [0.3, 0.4) is 0 Å². The molecule has 2 fully saturated rings. The van der Waals surface area contributed by atoms with Crippen molar-refractivity contribution in [3.05, 3.63) is 42.4 Å². The molecule has 0 atom stereocenters. The SMILES string of the molecule is O=C(C1CCNCC1)N1CCN(Cc2ncc(-c3ccccc3)o2)CC1. The first-order chi connectivity index (χ1) is 12.8. The molecule has 0 spiro atoms. The first-order valence-electron chi connectivity index (χ1n) is 9.51. The predicted octanol–water partition coefficient (Wildman–Crippen LogP) is 1.99. The van der Waals surface area contributed by atoms with Crippen molar-refractivity contribution in [2.24, 2.45) is 5.92 Å². The number of carbonyl (C=O) groups excluding carboxylic acids is 1. The first-order valence-corrected chi connectivity index (χ1v) is 9.51. The molecule has 0 radical (unpaired) electrons. The van der Waals surface area contributed by atoms with Crippen molar-refractivity contribution in [1.82, 2.24) is 20.1 Å². The maximum Gasteiger partial charge on any atom is 0.225 e. The quantitative estimate of drug-likeness (QED) is 0.910. The molecule has 6 nitrogen and oxygen atoms in total. The largest absolute Gasteiger partial charge is 0.439 e. The molecule has 2 aliphatic rings. The molecule has 4 rings (SSSR count). The standard InChI is InChI=1S/C20H26N4O2/c25-20(17-6-8-21-9-7-17)24-12-10-23(11-13-24)15-19-22-14-18(26-19)16-4-2-1-3-5-16/h1-5,14,17,21H,6-13,15H2. The normalized spacial score (nSPS) is 19.6. The highest BCUT2D eigenvalue weighted by atomic mass is 16.4. The summed E-state index contributed by atoms with van der Waals surface area (Å²) in [5.74, 6) is 2.10. The number of rotatable bonds is 4. The van der Waals surface area contributed by atoms with Crippen LogP contribution in [0, 0.1) is 5.92 Å². The maximum absolute atomic E-state index is 12.6. The molecule has 1 aromatic heterocycles. The Morgan fingerprint density at radius 1 is 1.12 bits per heavy atom. The molecule has 26 heavy (non-hydrogen) atoms. The van der Waals surface area contributed by atoms with Gasteiger partial charge in [0.25, 0.3) is 0 Å². The van der Waals surface area contributed by atoms with Gasteiger partial charge in [0.05, 0.1) is 12.7 Å². The zero-order valence-electron chi connectivity index (χ0n) is 15.1. The van der Waals surface area contributed by atoms with Crippen molar-refractivity contribution in [1.29, 1.82) is 0 Å². The summed E-state index contributed by atoms with van der Waals surface area (Å²) >= 11 is 0. The topological polar surface area (TPSA) is 61.6 Å². The fourth-order valence-corrected chi connectivity index (χ4v) is 3.76. The molecule has 0 unspecified atom stereocenters. The molecule has 3 heterocycles. The van der Waals surface area contributed by atoms with E-state index in [0.29, 0.717) is 12.5 Å². The van der Waals surface area contributed by atoms with Gasteiger partial charge in [0.1, 0.15) is 0 Å². The molecule has 1 N–H and O–H groups in total. The minimum atomic E-state index is 0.211. The molecule has 138 valence electrons. The van der Waals surface area contributed by atoms with Crippen molar-refractivity contribution < 1.29 is 9.21 Å². The van der Waals surface area contributed by atoms with Gasteiger partial charge in [-0.2, -0.15) is 0 Å². The van der Waals surface area contributed by atoms with Crippen LogP contribution in [0.25, 0.3) is 11.3 Å². The molecule has 0 saturated carbocycles. The van der Waals surface area contributed by atoms with Gasteiger partial charge in [0.2, 0.25) is 11.8 Å². The molecule has 6 heteroatoms. The van der Waals surface area contributed by atoms with E-state index >= 15 is 0 Å². The summed E-state index contributed by atoms with van der Waals surface area (Å²) in [4.78, 5) is 21.4. The number of amides is 1. The lowest BCUT2D eigenvalue weighted by Gasteiger charge is -2.36. The van der Waals surface area contributed by atoms with E-state index in [2.05, 4.69) is 15.2 Å². The molecule has 2 saturated heterocycles. The van der Waals surface area contributed by atoms with E-state index in [4.69, 9.17) is 4.42 Å². The van der Waals surface area contributed by atoms with E-state index in [9.17, 15) is 4.79 Å². The van der Waals surface area contributed by atoms with E-state index < -0.39 is 0 Å². The summed E-state index contributed by atoms with van der Waals surface area (Å²) in [6.07, 6.45) is 3.73. The predicted molar refractivity (Wildman–Crippen MR) is 99.4 cm³/mol. The van der Waals surface area contributed by atoms with E-state index in [0.717, 1.165) is 69.3 Å². The highest BCUT2D eigenvalue weighted by molar-refractivity contribution is 5.79. The number of hydrogen-bond donors (Lipinski definition) is 1. The Bertz CT molecular complexity index is 716. The Hall–Kier alpha value is -2.18. The first kappa shape index (κ1) is 17.2. The van der Waals surface area contributed by atoms with Gasteiger partial charge in [-0.1, -0.05) is 30.3 Å². The Labute approximate surface area is 154 Å². The summed E-state index contributed by atoms with van der Waals surface area (Å²) in [7, 11) is 0. The zero-order valence-corrected chi connectivity index (χ0v) is 15.1. The second-order valence-corrected chi connectivity index (χ2v) is 7.11. The molecule has 2 aliphatic heterocycles. The monoisotopic (exact) mass is 354 g/mol. The molecule has 1 aromatic carbocycles. The average molecular weight is 354 g/mol. The van der Waals surface area contributed by atoms with E-state index in [1.165, 1.54) is 0 Å². The van der Waals surface area contributed by atoms with E-state index in [-0.39, 0.29) is 5.92 Å². The summed E-state index contributed by atoms with van der Waals surface area (Å²) in [6.45, 7) is 5.97. The number of piperidine rings is 1. The number of hydrogen-bond acceptors (Lipinski definition) is 5. The summed E-state index contributed by atoms with van der Waals surface area (Å²) in [5.41, 5.74) is 1.05. The zero-order chi connectivity index (χ0) is 17.8. The van der Waals surface area contributed by atoms with Gasteiger partial charge in [0.15, 0.2) is 5.76 Å². The van der Waals surface area contributed by atoms with Gasteiger partial charge in [-0.05, 0) is 25.9 Å². The number of piperazine rings is 1. The molecule has 1 amide bonds. The highest BCUT2D eigenvalue weighted by Gasteiger charge is 2.28. The Balaban J connectivity index is 1.29. The van der Waals surface area contributed by atoms with Crippen molar-refractivity contribution in [2.75, 3.05) is 39.3 Å². The van der Waals surface area contributed by atoms with Crippen molar-refractivity contribution in [3.8, 4) is 11.3 Å². The van der Waals surface area contributed by atoms with E-state index in [1.54, 1.807) is 6.20 Å².